The fraction of sp³-hybridized carbons (Fsp3) is 0.455. The molecule has 0 unspecified atom stereocenters. The van der Waals surface area contributed by atoms with Crippen LogP contribution in [0.1, 0.15) is 49.0 Å². The quantitative estimate of drug-likeness (QED) is 0.698. The predicted octanol–water partition coefficient (Wildman–Crippen LogP) is 3.67. The van der Waals surface area contributed by atoms with Gasteiger partial charge in [-0.1, -0.05) is 0 Å². The minimum atomic E-state index is -0.00186. The van der Waals surface area contributed by atoms with Gasteiger partial charge in [0.15, 0.2) is 5.82 Å². The van der Waals surface area contributed by atoms with E-state index in [9.17, 15) is 0 Å². The van der Waals surface area contributed by atoms with Gasteiger partial charge in [0.2, 0.25) is 0 Å². The lowest BCUT2D eigenvalue weighted by Gasteiger charge is -2.28. The molecule has 0 spiro atoms. The zero-order chi connectivity index (χ0) is 19.9. The fourth-order valence-corrected chi connectivity index (χ4v) is 3.92. The molecule has 1 aliphatic rings. The zero-order valence-electron chi connectivity index (χ0n) is 17.4. The van der Waals surface area contributed by atoms with E-state index < -0.39 is 0 Å². The molecule has 0 radical (unpaired) electrons. The second-order valence-electron chi connectivity index (χ2n) is 8.60. The van der Waals surface area contributed by atoms with Crippen LogP contribution in [-0.4, -0.2) is 36.2 Å². The molecule has 4 rings (SSSR count). The van der Waals surface area contributed by atoms with Gasteiger partial charge in [0.05, 0.1) is 16.9 Å². The monoisotopic (exact) mass is 376 g/mol. The van der Waals surface area contributed by atoms with Crippen LogP contribution >= 0.6 is 0 Å². The maximum atomic E-state index is 4.80. The first-order valence-corrected chi connectivity index (χ1v) is 9.86. The molecule has 0 atom stereocenters. The largest absolute Gasteiger partial charge is 0.294 e. The maximum absolute atomic E-state index is 4.80. The third kappa shape index (κ3) is 3.56. The minimum Gasteiger partial charge on any atom is -0.294 e. The van der Waals surface area contributed by atoms with Crippen LogP contribution in [0.15, 0.2) is 30.7 Å². The summed E-state index contributed by atoms with van der Waals surface area (Å²) in [4.78, 5) is 16.0. The predicted molar refractivity (Wildman–Crippen MR) is 110 cm³/mol. The Hall–Kier alpha value is -2.60. The van der Waals surface area contributed by atoms with Crippen LogP contribution in [0.25, 0.3) is 11.4 Å². The van der Waals surface area contributed by atoms with Gasteiger partial charge in [0.25, 0.3) is 0 Å². The van der Waals surface area contributed by atoms with Gasteiger partial charge in [0, 0.05) is 67.0 Å². The number of nitrogens with zero attached hydrogens (tertiary/aromatic N) is 6. The van der Waals surface area contributed by atoms with Crippen LogP contribution < -0.4 is 0 Å². The average molecular weight is 377 g/mol. The number of aromatic nitrogens is 5. The average Bonchev–Trinajstić information content (AvgIpc) is 2.97. The number of aryl methyl sites for hydroxylation is 1. The highest BCUT2D eigenvalue weighted by Crippen LogP contribution is 2.26. The van der Waals surface area contributed by atoms with Crippen molar-refractivity contribution in [1.29, 1.82) is 0 Å². The van der Waals surface area contributed by atoms with Gasteiger partial charge in [0.1, 0.15) is 0 Å². The van der Waals surface area contributed by atoms with Gasteiger partial charge in [-0.3, -0.25) is 14.6 Å². The summed E-state index contributed by atoms with van der Waals surface area (Å²) >= 11 is 0. The summed E-state index contributed by atoms with van der Waals surface area (Å²) in [6, 6.07) is 3.92. The Kier molecular flexibility index (Phi) is 4.75. The van der Waals surface area contributed by atoms with E-state index in [1.165, 1.54) is 16.8 Å². The van der Waals surface area contributed by atoms with Crippen LogP contribution in [0.5, 0.6) is 0 Å². The molecule has 4 heterocycles. The number of hydrogen-bond donors (Lipinski definition) is 0. The molecule has 3 aromatic heterocycles. The van der Waals surface area contributed by atoms with E-state index in [-0.39, 0.29) is 5.54 Å². The van der Waals surface area contributed by atoms with Crippen molar-refractivity contribution in [1.82, 2.24) is 29.6 Å². The molecule has 6 heteroatoms. The zero-order valence-corrected chi connectivity index (χ0v) is 17.4. The van der Waals surface area contributed by atoms with E-state index in [0.717, 1.165) is 48.8 Å². The van der Waals surface area contributed by atoms with Crippen molar-refractivity contribution in [3.8, 4) is 11.4 Å². The highest BCUT2D eigenvalue weighted by molar-refractivity contribution is 5.53. The Morgan fingerprint density at radius 2 is 1.96 bits per heavy atom. The topological polar surface area (TPSA) is 59.7 Å². The molecule has 0 amide bonds. The van der Waals surface area contributed by atoms with E-state index in [1.807, 2.05) is 24.5 Å². The minimum absolute atomic E-state index is 0.00186. The molecule has 0 saturated carbocycles. The van der Waals surface area contributed by atoms with Gasteiger partial charge >= 0.3 is 0 Å². The second kappa shape index (κ2) is 7.09. The number of hydrogen-bond acceptors (Lipinski definition) is 5. The molecule has 0 bridgehead atoms. The molecule has 0 aliphatic carbocycles. The summed E-state index contributed by atoms with van der Waals surface area (Å²) < 4.78 is 2.15. The molecule has 6 nitrogen and oxygen atoms in total. The van der Waals surface area contributed by atoms with E-state index in [0.29, 0.717) is 0 Å². The van der Waals surface area contributed by atoms with Crippen LogP contribution in [0.4, 0.5) is 0 Å². The Morgan fingerprint density at radius 3 is 2.64 bits per heavy atom. The van der Waals surface area contributed by atoms with Crippen molar-refractivity contribution in [2.45, 2.75) is 59.7 Å². The number of pyridine rings is 1. The van der Waals surface area contributed by atoms with Gasteiger partial charge in [-0.25, -0.2) is 9.97 Å². The molecule has 146 valence electrons. The van der Waals surface area contributed by atoms with Crippen LogP contribution in [0.3, 0.4) is 0 Å². The SMILES string of the molecule is Cc1nn(C(C)(C)C)c(C)c1CN1CCc2nc(-c3cccnc3)ncc2C1. The van der Waals surface area contributed by atoms with Crippen molar-refractivity contribution >= 4 is 0 Å². The second-order valence-corrected chi connectivity index (χ2v) is 8.60. The first-order chi connectivity index (χ1) is 13.3. The summed E-state index contributed by atoms with van der Waals surface area (Å²) in [5.41, 5.74) is 7.07. The highest BCUT2D eigenvalue weighted by atomic mass is 15.3. The number of rotatable bonds is 3. The summed E-state index contributed by atoms with van der Waals surface area (Å²) in [7, 11) is 0. The number of fused-ring (bicyclic) bond motifs is 1. The first-order valence-electron chi connectivity index (χ1n) is 9.86. The maximum Gasteiger partial charge on any atom is 0.160 e. The van der Waals surface area contributed by atoms with Gasteiger partial charge in [-0.2, -0.15) is 5.10 Å². The van der Waals surface area contributed by atoms with Gasteiger partial charge < -0.3 is 0 Å². The lowest BCUT2D eigenvalue weighted by atomic mass is 10.0. The molecule has 28 heavy (non-hydrogen) atoms. The smallest absolute Gasteiger partial charge is 0.160 e. The molecule has 0 N–H and O–H groups in total. The Balaban J connectivity index is 1.53. The summed E-state index contributed by atoms with van der Waals surface area (Å²) in [6.07, 6.45) is 6.51. The van der Waals surface area contributed by atoms with E-state index in [2.05, 4.69) is 54.2 Å². The summed E-state index contributed by atoms with van der Waals surface area (Å²) in [5.74, 6) is 0.762. The van der Waals surface area contributed by atoms with Crippen LogP contribution in [-0.2, 0) is 25.0 Å². The molecule has 1 aliphatic heterocycles. The molecule has 0 aromatic carbocycles. The van der Waals surface area contributed by atoms with Crippen molar-refractivity contribution in [3.63, 3.8) is 0 Å². The van der Waals surface area contributed by atoms with Crippen LogP contribution in [0.2, 0.25) is 0 Å². The highest BCUT2D eigenvalue weighted by Gasteiger charge is 2.24. The fourth-order valence-electron chi connectivity index (χ4n) is 3.92. The Bertz CT molecular complexity index is 984. The van der Waals surface area contributed by atoms with Gasteiger partial charge in [-0.15, -0.1) is 0 Å². The van der Waals surface area contributed by atoms with Crippen molar-refractivity contribution < 1.29 is 0 Å². The lowest BCUT2D eigenvalue weighted by molar-refractivity contribution is 0.241. The van der Waals surface area contributed by atoms with Gasteiger partial charge in [-0.05, 0) is 46.8 Å². The molecule has 0 fully saturated rings. The van der Waals surface area contributed by atoms with E-state index >= 15 is 0 Å². The van der Waals surface area contributed by atoms with E-state index in [1.54, 1.807) is 6.20 Å². The van der Waals surface area contributed by atoms with E-state index in [4.69, 9.17) is 10.1 Å². The molecular weight excluding hydrogens is 348 g/mol. The third-order valence-corrected chi connectivity index (χ3v) is 5.39. The Labute approximate surface area is 166 Å². The van der Waals surface area contributed by atoms with Crippen molar-refractivity contribution in [3.05, 3.63) is 58.9 Å². The lowest BCUT2D eigenvalue weighted by Crippen LogP contribution is -2.31. The summed E-state index contributed by atoms with van der Waals surface area (Å²) in [5, 5.41) is 4.80. The first kappa shape index (κ1) is 18.7. The summed E-state index contributed by atoms with van der Waals surface area (Å²) in [6.45, 7) is 13.7. The van der Waals surface area contributed by atoms with Crippen molar-refractivity contribution in [2.24, 2.45) is 0 Å². The standard InChI is InChI=1S/C22H28N6/c1-15-19(16(2)28(26-15)22(3,4)5)14-27-10-8-20-18(13-27)12-24-21(25-20)17-7-6-9-23-11-17/h6-7,9,11-12H,8,10,13-14H2,1-5H3. The third-order valence-electron chi connectivity index (χ3n) is 5.39. The molecular formula is C22H28N6. The normalized spacial score (nSPS) is 14.9. The van der Waals surface area contributed by atoms with Crippen LogP contribution in [0, 0.1) is 13.8 Å². The molecule has 0 saturated heterocycles. The molecule has 3 aromatic rings. The van der Waals surface area contributed by atoms with Crippen molar-refractivity contribution in [2.75, 3.05) is 6.54 Å². The Morgan fingerprint density at radius 1 is 1.14 bits per heavy atom.